The molecule has 6 heteroatoms. The molecule has 1 amide bonds. The second-order valence-corrected chi connectivity index (χ2v) is 6.21. The van der Waals surface area contributed by atoms with E-state index in [0.29, 0.717) is 11.3 Å². The summed E-state index contributed by atoms with van der Waals surface area (Å²) in [4.78, 5) is 16.4. The van der Waals surface area contributed by atoms with E-state index >= 15 is 0 Å². The van der Waals surface area contributed by atoms with Crippen LogP contribution in [0, 0.1) is 0 Å². The minimum Gasteiger partial charge on any atom is -0.370 e. The molecule has 2 rings (SSSR count). The van der Waals surface area contributed by atoms with E-state index in [1.165, 1.54) is 0 Å². The molecule has 0 aliphatic carbocycles. The third-order valence-electron chi connectivity index (χ3n) is 2.76. The Morgan fingerprint density at radius 3 is 2.71 bits per heavy atom. The number of pyridine rings is 1. The number of anilines is 2. The standard InChI is InChI=1S/C15H15Br2N3O/c1-2-7-18-14-6-3-10(9-19-14)15(21)20-13-8-11(16)4-5-12(13)17/h3-6,8-9H,2,7H2,1H3,(H,18,19)(H,20,21). The van der Waals surface area contributed by atoms with Gasteiger partial charge in [0, 0.05) is 21.7 Å². The van der Waals surface area contributed by atoms with Gasteiger partial charge in [0.1, 0.15) is 5.82 Å². The average Bonchev–Trinajstić information content (AvgIpc) is 2.49. The van der Waals surface area contributed by atoms with Crippen LogP contribution in [0.25, 0.3) is 0 Å². The first-order valence-corrected chi connectivity index (χ1v) is 8.15. The normalized spacial score (nSPS) is 10.2. The van der Waals surface area contributed by atoms with E-state index in [1.807, 2.05) is 18.2 Å². The predicted molar refractivity (Wildman–Crippen MR) is 92.8 cm³/mol. The molecular formula is C15H15Br2N3O. The summed E-state index contributed by atoms with van der Waals surface area (Å²) in [6, 6.07) is 9.17. The van der Waals surface area contributed by atoms with Crippen molar-refractivity contribution in [2.24, 2.45) is 0 Å². The highest BCUT2D eigenvalue weighted by atomic mass is 79.9. The Bertz CT molecular complexity index is 629. The van der Waals surface area contributed by atoms with Gasteiger partial charge in [-0.1, -0.05) is 22.9 Å². The van der Waals surface area contributed by atoms with Crippen LogP contribution in [0.15, 0.2) is 45.5 Å². The summed E-state index contributed by atoms with van der Waals surface area (Å²) in [5.41, 5.74) is 1.23. The molecule has 0 aliphatic rings. The molecule has 110 valence electrons. The van der Waals surface area contributed by atoms with E-state index in [1.54, 1.807) is 18.3 Å². The Kier molecular flexibility index (Phi) is 5.76. The van der Waals surface area contributed by atoms with E-state index in [-0.39, 0.29) is 5.91 Å². The van der Waals surface area contributed by atoms with Gasteiger partial charge in [-0.25, -0.2) is 4.98 Å². The van der Waals surface area contributed by atoms with Crippen molar-refractivity contribution in [3.8, 4) is 0 Å². The van der Waals surface area contributed by atoms with Crippen LogP contribution >= 0.6 is 31.9 Å². The van der Waals surface area contributed by atoms with Gasteiger partial charge in [0.15, 0.2) is 0 Å². The van der Waals surface area contributed by atoms with E-state index in [2.05, 4.69) is 54.4 Å². The van der Waals surface area contributed by atoms with Gasteiger partial charge in [-0.05, 0) is 52.7 Å². The summed E-state index contributed by atoms with van der Waals surface area (Å²) in [6.45, 7) is 2.95. The fourth-order valence-corrected chi connectivity index (χ4v) is 2.38. The van der Waals surface area contributed by atoms with Crippen molar-refractivity contribution in [3.63, 3.8) is 0 Å². The Hall–Kier alpha value is -1.40. The summed E-state index contributed by atoms with van der Waals surface area (Å²) in [5.74, 6) is 0.584. The van der Waals surface area contributed by atoms with Crippen LogP contribution < -0.4 is 10.6 Å². The number of benzene rings is 1. The summed E-state index contributed by atoms with van der Waals surface area (Å²) in [5, 5.41) is 6.02. The number of aromatic nitrogens is 1. The molecule has 0 spiro atoms. The van der Waals surface area contributed by atoms with Crippen LogP contribution in [-0.4, -0.2) is 17.4 Å². The van der Waals surface area contributed by atoms with Crippen molar-refractivity contribution in [2.75, 3.05) is 17.2 Å². The minimum absolute atomic E-state index is 0.191. The first-order chi connectivity index (χ1) is 10.1. The number of rotatable bonds is 5. The summed E-state index contributed by atoms with van der Waals surface area (Å²) in [6.07, 6.45) is 2.60. The van der Waals surface area contributed by atoms with Gasteiger partial charge in [-0.3, -0.25) is 4.79 Å². The molecule has 0 saturated heterocycles. The quantitative estimate of drug-likeness (QED) is 0.749. The zero-order valence-corrected chi connectivity index (χ0v) is 14.7. The lowest BCUT2D eigenvalue weighted by Gasteiger charge is -2.09. The topological polar surface area (TPSA) is 54.0 Å². The van der Waals surface area contributed by atoms with Gasteiger partial charge >= 0.3 is 0 Å². The molecule has 4 nitrogen and oxygen atoms in total. The van der Waals surface area contributed by atoms with E-state index in [4.69, 9.17) is 0 Å². The van der Waals surface area contributed by atoms with Crippen molar-refractivity contribution in [1.29, 1.82) is 0 Å². The first-order valence-electron chi connectivity index (χ1n) is 6.56. The monoisotopic (exact) mass is 411 g/mol. The molecule has 0 bridgehead atoms. The Morgan fingerprint density at radius 1 is 1.24 bits per heavy atom. The highest BCUT2D eigenvalue weighted by molar-refractivity contribution is 9.11. The lowest BCUT2D eigenvalue weighted by Crippen LogP contribution is -2.13. The van der Waals surface area contributed by atoms with Gasteiger partial charge in [-0.15, -0.1) is 0 Å². The van der Waals surface area contributed by atoms with Crippen molar-refractivity contribution in [2.45, 2.75) is 13.3 Å². The highest BCUT2D eigenvalue weighted by Crippen LogP contribution is 2.26. The largest absolute Gasteiger partial charge is 0.370 e. The van der Waals surface area contributed by atoms with E-state index in [9.17, 15) is 4.79 Å². The summed E-state index contributed by atoms with van der Waals surface area (Å²) < 4.78 is 1.73. The van der Waals surface area contributed by atoms with E-state index in [0.717, 1.165) is 27.7 Å². The maximum absolute atomic E-state index is 12.2. The van der Waals surface area contributed by atoms with Crippen LogP contribution in [0.2, 0.25) is 0 Å². The molecular weight excluding hydrogens is 398 g/mol. The summed E-state index contributed by atoms with van der Waals surface area (Å²) in [7, 11) is 0. The Labute approximate surface area is 140 Å². The first kappa shape index (κ1) is 16.0. The number of carbonyl (C=O) groups is 1. The number of carbonyl (C=O) groups excluding carboxylic acids is 1. The maximum atomic E-state index is 12.2. The number of nitrogens with zero attached hydrogens (tertiary/aromatic N) is 1. The number of amides is 1. The third-order valence-corrected chi connectivity index (χ3v) is 3.94. The molecule has 2 aromatic rings. The molecule has 0 fully saturated rings. The molecule has 0 radical (unpaired) electrons. The molecule has 1 heterocycles. The fourth-order valence-electron chi connectivity index (χ4n) is 1.67. The molecule has 2 N–H and O–H groups in total. The molecule has 21 heavy (non-hydrogen) atoms. The van der Waals surface area contributed by atoms with Crippen molar-refractivity contribution in [3.05, 3.63) is 51.0 Å². The minimum atomic E-state index is -0.191. The number of hydrogen-bond donors (Lipinski definition) is 2. The molecule has 1 aromatic heterocycles. The Balaban J connectivity index is 2.07. The van der Waals surface area contributed by atoms with Crippen molar-refractivity contribution < 1.29 is 4.79 Å². The zero-order chi connectivity index (χ0) is 15.2. The molecule has 0 saturated carbocycles. The molecule has 0 atom stereocenters. The molecule has 0 unspecified atom stereocenters. The smallest absolute Gasteiger partial charge is 0.257 e. The van der Waals surface area contributed by atoms with Crippen molar-refractivity contribution >= 4 is 49.3 Å². The second kappa shape index (κ2) is 7.56. The van der Waals surface area contributed by atoms with Crippen LogP contribution in [0.1, 0.15) is 23.7 Å². The van der Waals surface area contributed by atoms with Crippen LogP contribution in [0.4, 0.5) is 11.5 Å². The SMILES string of the molecule is CCCNc1ccc(C(=O)Nc2cc(Br)ccc2Br)cn1. The van der Waals surface area contributed by atoms with Gasteiger partial charge in [0.2, 0.25) is 0 Å². The third kappa shape index (κ3) is 4.54. The van der Waals surface area contributed by atoms with Crippen LogP contribution in [0.3, 0.4) is 0 Å². The van der Waals surface area contributed by atoms with Crippen LogP contribution in [0.5, 0.6) is 0 Å². The number of halogens is 2. The van der Waals surface area contributed by atoms with Gasteiger partial charge in [-0.2, -0.15) is 0 Å². The lowest BCUT2D eigenvalue weighted by atomic mass is 10.2. The lowest BCUT2D eigenvalue weighted by molar-refractivity contribution is 0.102. The second-order valence-electron chi connectivity index (χ2n) is 4.44. The molecule has 1 aromatic carbocycles. The van der Waals surface area contributed by atoms with E-state index < -0.39 is 0 Å². The van der Waals surface area contributed by atoms with Gasteiger partial charge < -0.3 is 10.6 Å². The Morgan fingerprint density at radius 2 is 2.05 bits per heavy atom. The number of hydrogen-bond acceptors (Lipinski definition) is 3. The maximum Gasteiger partial charge on any atom is 0.257 e. The predicted octanol–water partition coefficient (Wildman–Crippen LogP) is 4.68. The number of nitrogens with one attached hydrogen (secondary N) is 2. The van der Waals surface area contributed by atoms with Gasteiger partial charge in [0.25, 0.3) is 5.91 Å². The molecule has 0 aliphatic heterocycles. The van der Waals surface area contributed by atoms with Crippen molar-refractivity contribution in [1.82, 2.24) is 4.98 Å². The summed E-state index contributed by atoms with van der Waals surface area (Å²) >= 11 is 6.79. The fraction of sp³-hybridized carbons (Fsp3) is 0.200. The average molecular weight is 413 g/mol. The zero-order valence-electron chi connectivity index (χ0n) is 11.5. The van der Waals surface area contributed by atoms with Crippen LogP contribution in [-0.2, 0) is 0 Å². The highest BCUT2D eigenvalue weighted by Gasteiger charge is 2.09. The van der Waals surface area contributed by atoms with Gasteiger partial charge in [0.05, 0.1) is 11.3 Å².